The van der Waals surface area contributed by atoms with Crippen LogP contribution in [-0.2, 0) is 33.6 Å². The van der Waals surface area contributed by atoms with E-state index in [-0.39, 0.29) is 18.9 Å². The number of esters is 1. The van der Waals surface area contributed by atoms with Crippen molar-refractivity contribution in [1.82, 2.24) is 10.3 Å². The Bertz CT molecular complexity index is 1380. The van der Waals surface area contributed by atoms with E-state index in [9.17, 15) is 9.59 Å². The van der Waals surface area contributed by atoms with Gasteiger partial charge < -0.3 is 15.0 Å². The maximum atomic E-state index is 13.2. The van der Waals surface area contributed by atoms with Crippen molar-refractivity contribution in [3.8, 4) is 11.1 Å². The van der Waals surface area contributed by atoms with Gasteiger partial charge in [-0.15, -0.1) is 0 Å². The fraction of sp³-hybridized carbons (Fsp3) is 0.214. The third-order valence-electron chi connectivity index (χ3n) is 6.44. The SMILES string of the molecule is CCOC(=O)C1(NC(=O)Cc2c[nH]c3ccccc23)Cc2ccc(-c3ccc(Cl)cc3)cc2C1. The first-order valence-corrected chi connectivity index (χ1v) is 11.8. The molecule has 2 N–H and O–H groups in total. The Kier molecular flexibility index (Phi) is 5.88. The molecular weight excluding hydrogens is 448 g/mol. The molecule has 0 aliphatic heterocycles. The van der Waals surface area contributed by atoms with Gasteiger partial charge in [-0.05, 0) is 52.9 Å². The van der Waals surface area contributed by atoms with Crippen LogP contribution in [0.15, 0.2) is 72.9 Å². The monoisotopic (exact) mass is 472 g/mol. The number of fused-ring (bicyclic) bond motifs is 2. The summed E-state index contributed by atoms with van der Waals surface area (Å²) in [7, 11) is 0. The molecule has 6 heteroatoms. The Morgan fingerprint density at radius 2 is 1.74 bits per heavy atom. The Morgan fingerprint density at radius 3 is 2.53 bits per heavy atom. The van der Waals surface area contributed by atoms with Crippen molar-refractivity contribution in [1.29, 1.82) is 0 Å². The predicted octanol–water partition coefficient (Wildman–Crippen LogP) is 5.25. The van der Waals surface area contributed by atoms with Crippen LogP contribution in [0.5, 0.6) is 0 Å². The summed E-state index contributed by atoms with van der Waals surface area (Å²) in [5.74, 6) is -0.602. The Labute approximate surface area is 203 Å². The van der Waals surface area contributed by atoms with Gasteiger partial charge in [0, 0.05) is 35.0 Å². The predicted molar refractivity (Wildman–Crippen MR) is 134 cm³/mol. The van der Waals surface area contributed by atoms with Gasteiger partial charge in [0.15, 0.2) is 0 Å². The quantitative estimate of drug-likeness (QED) is 0.376. The van der Waals surface area contributed by atoms with E-state index in [0.717, 1.165) is 38.7 Å². The number of hydrogen-bond donors (Lipinski definition) is 2. The molecule has 1 heterocycles. The van der Waals surface area contributed by atoms with Crippen molar-refractivity contribution in [3.05, 3.63) is 94.6 Å². The minimum Gasteiger partial charge on any atom is -0.464 e. The second-order valence-electron chi connectivity index (χ2n) is 8.73. The molecule has 0 bridgehead atoms. The third-order valence-corrected chi connectivity index (χ3v) is 6.69. The number of H-pyrrole nitrogens is 1. The van der Waals surface area contributed by atoms with E-state index >= 15 is 0 Å². The molecule has 172 valence electrons. The second-order valence-corrected chi connectivity index (χ2v) is 9.17. The molecule has 0 saturated heterocycles. The van der Waals surface area contributed by atoms with E-state index in [2.05, 4.69) is 16.4 Å². The number of halogens is 1. The van der Waals surface area contributed by atoms with Gasteiger partial charge >= 0.3 is 5.97 Å². The topological polar surface area (TPSA) is 71.2 Å². The molecule has 1 aliphatic carbocycles. The second kappa shape index (κ2) is 8.99. The van der Waals surface area contributed by atoms with Gasteiger partial charge in [0.1, 0.15) is 5.54 Å². The molecular formula is C28H25ClN2O3. The highest BCUT2D eigenvalue weighted by Gasteiger charge is 2.46. The summed E-state index contributed by atoms with van der Waals surface area (Å²) in [5.41, 5.74) is 4.93. The molecule has 1 amide bonds. The number of ether oxygens (including phenoxy) is 1. The van der Waals surface area contributed by atoms with Gasteiger partial charge in [0.25, 0.3) is 0 Å². The summed E-state index contributed by atoms with van der Waals surface area (Å²) in [4.78, 5) is 29.5. The van der Waals surface area contributed by atoms with Crippen molar-refractivity contribution in [2.45, 2.75) is 31.7 Å². The molecule has 1 aromatic heterocycles. The summed E-state index contributed by atoms with van der Waals surface area (Å²) in [5, 5.41) is 4.74. The Hall–Kier alpha value is -3.57. The highest BCUT2D eigenvalue weighted by Crippen LogP contribution is 2.35. The van der Waals surface area contributed by atoms with Gasteiger partial charge in [-0.1, -0.05) is 60.1 Å². The van der Waals surface area contributed by atoms with Gasteiger partial charge in [0.05, 0.1) is 13.0 Å². The van der Waals surface area contributed by atoms with Crippen LogP contribution in [0.1, 0.15) is 23.6 Å². The molecule has 0 fully saturated rings. The van der Waals surface area contributed by atoms with Crippen LogP contribution in [0.25, 0.3) is 22.0 Å². The van der Waals surface area contributed by atoms with Crippen LogP contribution in [-0.4, -0.2) is 29.0 Å². The number of amides is 1. The summed E-state index contributed by atoms with van der Waals surface area (Å²) < 4.78 is 5.42. The number of carbonyl (C=O) groups excluding carboxylic acids is 2. The van der Waals surface area contributed by atoms with Crippen LogP contribution >= 0.6 is 11.6 Å². The number of aromatic amines is 1. The van der Waals surface area contributed by atoms with Gasteiger partial charge in [0.2, 0.25) is 5.91 Å². The molecule has 1 aliphatic rings. The molecule has 0 saturated carbocycles. The van der Waals surface area contributed by atoms with E-state index in [0.29, 0.717) is 17.9 Å². The van der Waals surface area contributed by atoms with Crippen LogP contribution in [0.4, 0.5) is 0 Å². The fourth-order valence-corrected chi connectivity index (χ4v) is 4.94. The van der Waals surface area contributed by atoms with Gasteiger partial charge in [-0.2, -0.15) is 0 Å². The maximum Gasteiger partial charge on any atom is 0.332 e. The van der Waals surface area contributed by atoms with Crippen molar-refractivity contribution < 1.29 is 14.3 Å². The molecule has 1 atom stereocenters. The minimum atomic E-state index is -1.11. The summed E-state index contributed by atoms with van der Waals surface area (Å²) >= 11 is 6.03. The zero-order valence-corrected chi connectivity index (χ0v) is 19.6. The number of para-hydroxylation sites is 1. The van der Waals surface area contributed by atoms with E-state index in [1.807, 2.05) is 66.9 Å². The lowest BCUT2D eigenvalue weighted by atomic mass is 9.95. The van der Waals surface area contributed by atoms with Crippen LogP contribution < -0.4 is 5.32 Å². The van der Waals surface area contributed by atoms with Crippen molar-refractivity contribution in [2.75, 3.05) is 6.61 Å². The average molecular weight is 473 g/mol. The Balaban J connectivity index is 1.40. The normalized spacial score (nSPS) is 16.9. The Morgan fingerprint density at radius 1 is 1.00 bits per heavy atom. The molecule has 0 spiro atoms. The number of benzene rings is 3. The standard InChI is InChI=1S/C28H25ClN2O3/c1-2-34-27(33)28(31-26(32)14-22-17-30-25-6-4-3-5-24(22)25)15-20-8-7-19(13-21(20)16-28)18-9-11-23(29)12-10-18/h3-13,17,30H,2,14-16H2,1H3,(H,31,32). The molecule has 1 unspecified atom stereocenters. The number of carbonyl (C=O) groups is 2. The highest BCUT2D eigenvalue weighted by atomic mass is 35.5. The molecule has 5 nitrogen and oxygen atoms in total. The molecule has 4 aromatic rings. The smallest absolute Gasteiger partial charge is 0.332 e. The lowest BCUT2D eigenvalue weighted by Gasteiger charge is -2.28. The first-order chi connectivity index (χ1) is 16.5. The van der Waals surface area contributed by atoms with E-state index in [4.69, 9.17) is 16.3 Å². The zero-order chi connectivity index (χ0) is 23.7. The van der Waals surface area contributed by atoms with Crippen LogP contribution in [0.3, 0.4) is 0 Å². The lowest BCUT2D eigenvalue weighted by Crippen LogP contribution is -2.56. The minimum absolute atomic E-state index is 0.178. The third kappa shape index (κ3) is 4.19. The first-order valence-electron chi connectivity index (χ1n) is 11.4. The summed E-state index contributed by atoms with van der Waals surface area (Å²) in [6, 6.07) is 21.7. The van der Waals surface area contributed by atoms with Crippen molar-refractivity contribution in [2.24, 2.45) is 0 Å². The average Bonchev–Trinajstić information content (AvgIpc) is 3.41. The van der Waals surface area contributed by atoms with E-state index in [1.54, 1.807) is 6.92 Å². The summed E-state index contributed by atoms with van der Waals surface area (Å²) in [6.07, 6.45) is 2.82. The number of nitrogens with one attached hydrogen (secondary N) is 2. The van der Waals surface area contributed by atoms with Gasteiger partial charge in [-0.25, -0.2) is 4.79 Å². The molecule has 0 radical (unpaired) electrons. The molecule has 34 heavy (non-hydrogen) atoms. The zero-order valence-electron chi connectivity index (χ0n) is 18.9. The molecule has 5 rings (SSSR count). The fourth-order valence-electron chi connectivity index (χ4n) is 4.81. The lowest BCUT2D eigenvalue weighted by molar-refractivity contribution is -0.153. The van der Waals surface area contributed by atoms with E-state index < -0.39 is 11.5 Å². The van der Waals surface area contributed by atoms with Gasteiger partial charge in [-0.3, -0.25) is 4.79 Å². The largest absolute Gasteiger partial charge is 0.464 e. The highest BCUT2D eigenvalue weighted by molar-refractivity contribution is 6.30. The maximum absolute atomic E-state index is 13.2. The number of hydrogen-bond acceptors (Lipinski definition) is 3. The van der Waals surface area contributed by atoms with E-state index in [1.165, 1.54) is 0 Å². The van der Waals surface area contributed by atoms with Crippen LogP contribution in [0.2, 0.25) is 5.02 Å². The summed E-state index contributed by atoms with van der Waals surface area (Å²) in [6.45, 7) is 2.03. The molecule has 3 aromatic carbocycles. The first kappa shape index (κ1) is 22.2. The number of aromatic nitrogens is 1. The van der Waals surface area contributed by atoms with Crippen LogP contribution in [0, 0.1) is 0 Å². The van der Waals surface area contributed by atoms with Crippen molar-refractivity contribution in [3.63, 3.8) is 0 Å². The van der Waals surface area contributed by atoms with Crippen molar-refractivity contribution >= 4 is 34.4 Å². The number of rotatable bonds is 6.